The number of hydrogen-bond donors (Lipinski definition) is 2. The van der Waals surface area contributed by atoms with Crippen LogP contribution in [0.2, 0.25) is 5.02 Å². The van der Waals surface area contributed by atoms with E-state index >= 15 is 0 Å². The Bertz CT molecular complexity index is 1010. The second kappa shape index (κ2) is 10.1. The average Bonchev–Trinajstić information content (AvgIpc) is 2.70. The third-order valence-electron chi connectivity index (χ3n) is 3.90. The van der Waals surface area contributed by atoms with Crippen molar-refractivity contribution in [2.75, 3.05) is 16.4 Å². The van der Waals surface area contributed by atoms with Crippen LogP contribution in [0.4, 0.5) is 15.8 Å². The highest BCUT2D eigenvalue weighted by Gasteiger charge is 2.08. The molecule has 7 heteroatoms. The van der Waals surface area contributed by atoms with Crippen molar-refractivity contribution in [3.63, 3.8) is 0 Å². The average molecular weight is 429 g/mol. The molecule has 29 heavy (non-hydrogen) atoms. The van der Waals surface area contributed by atoms with Crippen LogP contribution in [0.5, 0.6) is 0 Å². The van der Waals surface area contributed by atoms with Crippen LogP contribution in [0.1, 0.15) is 5.56 Å². The van der Waals surface area contributed by atoms with Crippen LogP contribution in [0.3, 0.4) is 0 Å². The van der Waals surface area contributed by atoms with Crippen LogP contribution in [-0.2, 0) is 16.0 Å². The van der Waals surface area contributed by atoms with E-state index in [9.17, 15) is 14.0 Å². The molecule has 0 aliphatic rings. The molecule has 0 saturated carbocycles. The van der Waals surface area contributed by atoms with E-state index in [4.69, 9.17) is 11.6 Å². The quantitative estimate of drug-likeness (QED) is 0.496. The summed E-state index contributed by atoms with van der Waals surface area (Å²) in [7, 11) is 0. The molecular weight excluding hydrogens is 411 g/mol. The fourth-order valence-corrected chi connectivity index (χ4v) is 3.51. The van der Waals surface area contributed by atoms with E-state index in [1.165, 1.54) is 30.0 Å². The van der Waals surface area contributed by atoms with Gasteiger partial charge in [-0.05, 0) is 42.0 Å². The molecule has 0 aromatic heterocycles. The van der Waals surface area contributed by atoms with Gasteiger partial charge in [-0.15, -0.1) is 11.8 Å². The normalized spacial score (nSPS) is 10.4. The fourth-order valence-electron chi connectivity index (χ4n) is 2.57. The SMILES string of the molecule is O=C(CSc1cccc(NC(=O)Cc2ccccc2)c1)Nc1ccc(F)c(Cl)c1. The lowest BCUT2D eigenvalue weighted by Crippen LogP contribution is -2.15. The van der Waals surface area contributed by atoms with Gasteiger partial charge in [-0.3, -0.25) is 9.59 Å². The zero-order valence-electron chi connectivity index (χ0n) is 15.3. The number of thioether (sulfide) groups is 1. The minimum absolute atomic E-state index is 0.0469. The van der Waals surface area contributed by atoms with Crippen molar-refractivity contribution in [2.45, 2.75) is 11.3 Å². The highest BCUT2D eigenvalue weighted by molar-refractivity contribution is 8.00. The Morgan fingerprint density at radius 3 is 2.34 bits per heavy atom. The third-order valence-corrected chi connectivity index (χ3v) is 5.18. The van der Waals surface area contributed by atoms with Crippen LogP contribution in [0, 0.1) is 5.82 Å². The van der Waals surface area contributed by atoms with Gasteiger partial charge < -0.3 is 10.6 Å². The predicted molar refractivity (Wildman–Crippen MR) is 116 cm³/mol. The number of rotatable bonds is 7. The van der Waals surface area contributed by atoms with Crippen LogP contribution < -0.4 is 10.6 Å². The molecule has 3 aromatic carbocycles. The van der Waals surface area contributed by atoms with Gasteiger partial charge in [-0.25, -0.2) is 4.39 Å². The van der Waals surface area contributed by atoms with Gasteiger partial charge in [0.15, 0.2) is 0 Å². The molecule has 0 bridgehead atoms. The Morgan fingerprint density at radius 2 is 1.59 bits per heavy atom. The zero-order valence-corrected chi connectivity index (χ0v) is 16.9. The summed E-state index contributed by atoms with van der Waals surface area (Å²) in [4.78, 5) is 25.1. The van der Waals surface area contributed by atoms with Crippen LogP contribution in [0.15, 0.2) is 77.7 Å². The summed E-state index contributed by atoms with van der Waals surface area (Å²) >= 11 is 7.04. The van der Waals surface area contributed by atoms with Crippen LogP contribution >= 0.6 is 23.4 Å². The molecule has 0 fully saturated rings. The molecular formula is C22H18ClFN2O2S. The minimum atomic E-state index is -0.537. The Kier molecular flexibility index (Phi) is 7.27. The summed E-state index contributed by atoms with van der Waals surface area (Å²) in [6.07, 6.45) is 0.293. The van der Waals surface area contributed by atoms with E-state index in [-0.39, 0.29) is 22.6 Å². The Labute approximate surface area is 177 Å². The first kappa shape index (κ1) is 20.9. The van der Waals surface area contributed by atoms with Gasteiger partial charge in [-0.2, -0.15) is 0 Å². The number of halogens is 2. The summed E-state index contributed by atoms with van der Waals surface area (Å²) in [5.41, 5.74) is 2.04. The predicted octanol–water partition coefficient (Wildman–Crippen LogP) is 5.39. The van der Waals surface area contributed by atoms with Gasteiger partial charge in [-0.1, -0.05) is 48.0 Å². The molecule has 2 amide bonds. The summed E-state index contributed by atoms with van der Waals surface area (Å²) in [5, 5.41) is 5.49. The van der Waals surface area contributed by atoms with Crippen molar-refractivity contribution in [1.29, 1.82) is 0 Å². The van der Waals surface area contributed by atoms with Gasteiger partial charge in [0.05, 0.1) is 17.2 Å². The van der Waals surface area contributed by atoms with Crippen LogP contribution in [-0.4, -0.2) is 17.6 Å². The van der Waals surface area contributed by atoms with Gasteiger partial charge in [0.1, 0.15) is 5.82 Å². The second-order valence-electron chi connectivity index (χ2n) is 6.20. The molecule has 0 atom stereocenters. The maximum Gasteiger partial charge on any atom is 0.234 e. The Hall–Kier alpha value is -2.83. The van der Waals surface area contributed by atoms with Gasteiger partial charge >= 0.3 is 0 Å². The lowest BCUT2D eigenvalue weighted by Gasteiger charge is -2.08. The first-order valence-corrected chi connectivity index (χ1v) is 10.2. The van der Waals surface area contributed by atoms with Gasteiger partial charge in [0, 0.05) is 16.3 Å². The molecule has 3 aromatic rings. The summed E-state index contributed by atoms with van der Waals surface area (Å²) in [5.74, 6) is -0.721. The molecule has 0 saturated heterocycles. The van der Waals surface area contributed by atoms with E-state index in [0.717, 1.165) is 10.5 Å². The molecule has 0 spiro atoms. The maximum atomic E-state index is 13.2. The highest BCUT2D eigenvalue weighted by Crippen LogP contribution is 2.23. The minimum Gasteiger partial charge on any atom is -0.326 e. The monoisotopic (exact) mass is 428 g/mol. The topological polar surface area (TPSA) is 58.2 Å². The zero-order chi connectivity index (χ0) is 20.6. The number of nitrogens with one attached hydrogen (secondary N) is 2. The summed E-state index contributed by atoms with van der Waals surface area (Å²) < 4.78 is 13.2. The number of amides is 2. The van der Waals surface area contributed by atoms with Crippen molar-refractivity contribution in [3.8, 4) is 0 Å². The van der Waals surface area contributed by atoms with Crippen molar-refractivity contribution >= 4 is 46.6 Å². The first-order chi connectivity index (χ1) is 14.0. The molecule has 0 aliphatic heterocycles. The van der Waals surface area contributed by atoms with E-state index < -0.39 is 5.82 Å². The van der Waals surface area contributed by atoms with E-state index in [0.29, 0.717) is 17.8 Å². The van der Waals surface area contributed by atoms with Gasteiger partial charge in [0.25, 0.3) is 0 Å². The highest BCUT2D eigenvalue weighted by atomic mass is 35.5. The summed E-state index contributed by atoms with van der Waals surface area (Å²) in [6.45, 7) is 0. The van der Waals surface area contributed by atoms with Crippen molar-refractivity contribution < 1.29 is 14.0 Å². The van der Waals surface area contributed by atoms with Gasteiger partial charge in [0.2, 0.25) is 11.8 Å². The standard InChI is InChI=1S/C22H18ClFN2O2S/c23-19-13-17(9-10-20(19)24)26-22(28)14-29-18-8-4-7-16(12-18)25-21(27)11-15-5-2-1-3-6-15/h1-10,12-13H,11,14H2,(H,25,27)(H,26,28). The lowest BCUT2D eigenvalue weighted by molar-refractivity contribution is -0.115. The number of benzene rings is 3. The molecule has 2 N–H and O–H groups in total. The first-order valence-electron chi connectivity index (χ1n) is 8.81. The second-order valence-corrected chi connectivity index (χ2v) is 7.66. The number of hydrogen-bond acceptors (Lipinski definition) is 3. The summed E-state index contributed by atoms with van der Waals surface area (Å²) in [6, 6.07) is 20.8. The molecule has 148 valence electrons. The van der Waals surface area contributed by atoms with Crippen molar-refractivity contribution in [1.82, 2.24) is 0 Å². The Balaban J connectivity index is 1.52. The number of anilines is 2. The van der Waals surface area contributed by atoms with Crippen molar-refractivity contribution in [2.24, 2.45) is 0 Å². The molecule has 0 radical (unpaired) electrons. The van der Waals surface area contributed by atoms with Crippen molar-refractivity contribution in [3.05, 3.63) is 89.2 Å². The Morgan fingerprint density at radius 1 is 0.862 bits per heavy atom. The van der Waals surface area contributed by atoms with E-state index in [2.05, 4.69) is 10.6 Å². The smallest absolute Gasteiger partial charge is 0.234 e. The lowest BCUT2D eigenvalue weighted by atomic mass is 10.1. The van der Waals surface area contributed by atoms with E-state index in [1.54, 1.807) is 6.07 Å². The molecule has 0 heterocycles. The fraction of sp³-hybridized carbons (Fsp3) is 0.0909. The number of carbonyl (C=O) groups excluding carboxylic acids is 2. The molecule has 4 nitrogen and oxygen atoms in total. The van der Waals surface area contributed by atoms with E-state index in [1.807, 2.05) is 48.5 Å². The molecule has 3 rings (SSSR count). The number of carbonyl (C=O) groups is 2. The molecule has 0 unspecified atom stereocenters. The maximum absolute atomic E-state index is 13.2. The third kappa shape index (κ3) is 6.62. The largest absolute Gasteiger partial charge is 0.326 e. The molecule has 0 aliphatic carbocycles. The van der Waals surface area contributed by atoms with Crippen LogP contribution in [0.25, 0.3) is 0 Å².